The fourth-order valence-corrected chi connectivity index (χ4v) is 2.95. The van der Waals surface area contributed by atoms with Gasteiger partial charge in [0.15, 0.2) is 0 Å². The zero-order chi connectivity index (χ0) is 14.9. The normalized spacial score (nSPS) is 16.7. The van der Waals surface area contributed by atoms with Crippen molar-refractivity contribution in [1.29, 1.82) is 0 Å². The van der Waals surface area contributed by atoms with Gasteiger partial charge in [-0.15, -0.1) is 0 Å². The van der Waals surface area contributed by atoms with E-state index in [4.69, 9.17) is 10.7 Å². The van der Waals surface area contributed by atoms with Gasteiger partial charge in [-0.25, -0.2) is 8.42 Å². The summed E-state index contributed by atoms with van der Waals surface area (Å²) in [6.45, 7) is 0.806. The highest BCUT2D eigenvalue weighted by Gasteiger charge is 2.31. The van der Waals surface area contributed by atoms with Gasteiger partial charge in [0.1, 0.15) is 0 Å². The van der Waals surface area contributed by atoms with Crippen LogP contribution in [0.4, 0.5) is 5.69 Å². The smallest absolute Gasteiger partial charge is 0.316 e. The predicted molar refractivity (Wildman–Crippen MR) is 74.9 cm³/mol. The summed E-state index contributed by atoms with van der Waals surface area (Å²) in [5, 5.41) is 0. The standard InChI is InChI=1S/C12H13ClN2O4S/c1-14-5-6-15(12(17)11(14)16)10-4-2-3-9(7-10)8-20(13,18)19/h2-4,7H,5-6,8H2,1H3. The molecular formula is C12H13ClN2O4S. The van der Waals surface area contributed by atoms with Crippen molar-refractivity contribution in [2.24, 2.45) is 0 Å². The third-order valence-corrected chi connectivity index (χ3v) is 4.00. The second-order valence-electron chi connectivity index (χ2n) is 4.54. The highest BCUT2D eigenvalue weighted by Crippen LogP contribution is 2.21. The van der Waals surface area contributed by atoms with E-state index in [1.807, 2.05) is 0 Å². The Morgan fingerprint density at radius 3 is 2.55 bits per heavy atom. The number of rotatable bonds is 3. The molecule has 1 aliphatic heterocycles. The van der Waals surface area contributed by atoms with Gasteiger partial charge in [0.2, 0.25) is 9.05 Å². The van der Waals surface area contributed by atoms with Gasteiger partial charge >= 0.3 is 11.8 Å². The highest BCUT2D eigenvalue weighted by molar-refractivity contribution is 8.13. The third kappa shape index (κ3) is 3.29. The lowest BCUT2D eigenvalue weighted by Crippen LogP contribution is -2.53. The molecule has 1 aliphatic rings. The van der Waals surface area contributed by atoms with Crippen LogP contribution >= 0.6 is 10.7 Å². The molecule has 1 saturated heterocycles. The first-order chi connectivity index (χ1) is 9.28. The Morgan fingerprint density at radius 1 is 1.20 bits per heavy atom. The fraction of sp³-hybridized carbons (Fsp3) is 0.333. The Balaban J connectivity index is 2.27. The van der Waals surface area contributed by atoms with Crippen LogP contribution in [0.5, 0.6) is 0 Å². The number of carbonyl (C=O) groups is 2. The summed E-state index contributed by atoms with van der Waals surface area (Å²) in [5.41, 5.74) is 0.964. The van der Waals surface area contributed by atoms with Crippen LogP contribution in [-0.2, 0) is 24.4 Å². The number of benzene rings is 1. The molecule has 1 aromatic carbocycles. The average Bonchev–Trinajstić information content (AvgIpc) is 2.34. The number of hydrogen-bond donors (Lipinski definition) is 0. The summed E-state index contributed by atoms with van der Waals surface area (Å²) < 4.78 is 22.1. The summed E-state index contributed by atoms with van der Waals surface area (Å²) in [6.07, 6.45) is 0. The van der Waals surface area contributed by atoms with Crippen LogP contribution < -0.4 is 4.90 Å². The Bertz CT molecular complexity index is 659. The van der Waals surface area contributed by atoms with E-state index in [-0.39, 0.29) is 5.75 Å². The van der Waals surface area contributed by atoms with E-state index >= 15 is 0 Å². The molecule has 20 heavy (non-hydrogen) atoms. The van der Waals surface area contributed by atoms with Gasteiger partial charge in [-0.3, -0.25) is 9.59 Å². The highest BCUT2D eigenvalue weighted by atomic mass is 35.7. The van der Waals surface area contributed by atoms with Gasteiger partial charge in [0.25, 0.3) is 0 Å². The van der Waals surface area contributed by atoms with Crippen LogP contribution in [0.2, 0.25) is 0 Å². The van der Waals surface area contributed by atoms with Crippen molar-refractivity contribution >= 4 is 37.2 Å². The maximum atomic E-state index is 11.9. The Morgan fingerprint density at radius 2 is 1.90 bits per heavy atom. The number of nitrogens with zero attached hydrogens (tertiary/aromatic N) is 2. The van der Waals surface area contributed by atoms with Crippen LogP contribution in [0.3, 0.4) is 0 Å². The van der Waals surface area contributed by atoms with Crippen molar-refractivity contribution in [1.82, 2.24) is 4.90 Å². The molecule has 8 heteroatoms. The van der Waals surface area contributed by atoms with E-state index in [9.17, 15) is 18.0 Å². The zero-order valence-corrected chi connectivity index (χ0v) is 12.3. The maximum Gasteiger partial charge on any atom is 0.316 e. The minimum Gasteiger partial charge on any atom is -0.336 e. The van der Waals surface area contributed by atoms with E-state index in [2.05, 4.69) is 0 Å². The van der Waals surface area contributed by atoms with Crippen molar-refractivity contribution in [3.05, 3.63) is 29.8 Å². The quantitative estimate of drug-likeness (QED) is 0.603. The molecular weight excluding hydrogens is 304 g/mol. The molecule has 0 spiro atoms. The number of piperazine rings is 1. The Kier molecular flexibility index (Phi) is 4.01. The van der Waals surface area contributed by atoms with Crippen LogP contribution in [-0.4, -0.2) is 45.3 Å². The summed E-state index contributed by atoms with van der Waals surface area (Å²) in [6, 6.07) is 6.44. The molecule has 0 radical (unpaired) electrons. The molecule has 2 amide bonds. The van der Waals surface area contributed by atoms with Crippen molar-refractivity contribution in [2.75, 3.05) is 25.0 Å². The second-order valence-corrected chi connectivity index (χ2v) is 7.31. The molecule has 6 nitrogen and oxygen atoms in total. The van der Waals surface area contributed by atoms with Crippen LogP contribution in [0.25, 0.3) is 0 Å². The molecule has 1 heterocycles. The summed E-state index contributed by atoms with van der Waals surface area (Å²) in [7, 11) is 3.11. The molecule has 0 atom stereocenters. The molecule has 0 saturated carbocycles. The number of halogens is 1. The number of hydrogen-bond acceptors (Lipinski definition) is 4. The van der Waals surface area contributed by atoms with Crippen molar-refractivity contribution in [3.8, 4) is 0 Å². The van der Waals surface area contributed by atoms with E-state index in [0.29, 0.717) is 24.3 Å². The molecule has 0 aliphatic carbocycles. The van der Waals surface area contributed by atoms with E-state index in [1.165, 1.54) is 9.80 Å². The molecule has 2 rings (SSSR count). The van der Waals surface area contributed by atoms with Crippen molar-refractivity contribution in [2.45, 2.75) is 5.75 Å². The first-order valence-corrected chi connectivity index (χ1v) is 8.34. The summed E-state index contributed by atoms with van der Waals surface area (Å²) >= 11 is 0. The summed E-state index contributed by atoms with van der Waals surface area (Å²) in [4.78, 5) is 26.3. The van der Waals surface area contributed by atoms with Crippen molar-refractivity contribution in [3.63, 3.8) is 0 Å². The van der Waals surface area contributed by atoms with Gasteiger partial charge in [-0.2, -0.15) is 0 Å². The van der Waals surface area contributed by atoms with Gasteiger partial charge in [0, 0.05) is 36.5 Å². The van der Waals surface area contributed by atoms with Gasteiger partial charge in [0.05, 0.1) is 5.75 Å². The maximum absolute atomic E-state index is 11.9. The first-order valence-electron chi connectivity index (χ1n) is 5.86. The lowest BCUT2D eigenvalue weighted by atomic mass is 10.2. The van der Waals surface area contributed by atoms with Crippen molar-refractivity contribution < 1.29 is 18.0 Å². The van der Waals surface area contributed by atoms with E-state index < -0.39 is 20.9 Å². The minimum atomic E-state index is -3.66. The third-order valence-electron chi connectivity index (χ3n) is 3.00. The molecule has 0 bridgehead atoms. The minimum absolute atomic E-state index is 0.321. The lowest BCUT2D eigenvalue weighted by molar-refractivity contribution is -0.145. The zero-order valence-electron chi connectivity index (χ0n) is 10.7. The molecule has 1 aromatic rings. The number of anilines is 1. The fourth-order valence-electron chi connectivity index (χ4n) is 1.99. The Labute approximate surface area is 121 Å². The number of likely N-dealkylation sites (N-methyl/N-ethyl adjacent to an activating group) is 1. The molecule has 108 valence electrons. The van der Waals surface area contributed by atoms with Gasteiger partial charge in [-0.1, -0.05) is 12.1 Å². The molecule has 0 unspecified atom stereocenters. The van der Waals surface area contributed by atoms with Crippen LogP contribution in [0, 0.1) is 0 Å². The molecule has 0 N–H and O–H groups in total. The first kappa shape index (κ1) is 14.8. The van der Waals surface area contributed by atoms with Gasteiger partial charge in [-0.05, 0) is 17.7 Å². The number of carbonyl (C=O) groups excluding carboxylic acids is 2. The average molecular weight is 317 g/mol. The topological polar surface area (TPSA) is 74.8 Å². The van der Waals surface area contributed by atoms with E-state index in [1.54, 1.807) is 31.3 Å². The lowest BCUT2D eigenvalue weighted by Gasteiger charge is -2.31. The predicted octanol–water partition coefficient (Wildman–Crippen LogP) is 0.560. The second kappa shape index (κ2) is 5.41. The van der Waals surface area contributed by atoms with E-state index in [0.717, 1.165) is 0 Å². The molecule has 1 fully saturated rings. The van der Waals surface area contributed by atoms with Crippen LogP contribution in [0.15, 0.2) is 24.3 Å². The largest absolute Gasteiger partial charge is 0.336 e. The number of amides is 2. The molecule has 0 aromatic heterocycles. The van der Waals surface area contributed by atoms with Gasteiger partial charge < -0.3 is 9.80 Å². The SMILES string of the molecule is CN1CCN(c2cccc(CS(=O)(=O)Cl)c2)C(=O)C1=O. The monoisotopic (exact) mass is 316 g/mol. The van der Waals surface area contributed by atoms with Crippen LogP contribution in [0.1, 0.15) is 5.56 Å². The summed E-state index contributed by atoms with van der Waals surface area (Å²) in [5.74, 6) is -1.52. The Hall–Kier alpha value is -1.60.